The largest absolute Gasteiger partial charge is 0.498 e. The second-order valence-corrected chi connectivity index (χ2v) is 2.33. The van der Waals surface area contributed by atoms with E-state index in [1.807, 2.05) is 6.07 Å². The predicted molar refractivity (Wildman–Crippen MR) is 48.4 cm³/mol. The summed E-state index contributed by atoms with van der Waals surface area (Å²) in [6.07, 6.45) is 0. The molecule has 0 spiro atoms. The zero-order chi connectivity index (χ0) is 9.84. The van der Waals surface area contributed by atoms with Crippen LogP contribution in [0.2, 0.25) is 0 Å². The summed E-state index contributed by atoms with van der Waals surface area (Å²) in [4.78, 5) is 3.18. The van der Waals surface area contributed by atoms with Gasteiger partial charge in [0.15, 0.2) is 0 Å². The number of ether oxygens (including phenoxy) is 1. The van der Waals surface area contributed by atoms with Crippen molar-refractivity contribution in [3.05, 3.63) is 29.1 Å². The Morgan fingerprint density at radius 1 is 1.62 bits per heavy atom. The van der Waals surface area contributed by atoms with Gasteiger partial charge in [-0.3, -0.25) is 0 Å². The van der Waals surface area contributed by atoms with Gasteiger partial charge in [0.25, 0.3) is 0 Å². The van der Waals surface area contributed by atoms with Crippen molar-refractivity contribution < 1.29 is 4.74 Å². The predicted octanol–water partition coefficient (Wildman–Crippen LogP) is 1.70. The van der Waals surface area contributed by atoms with Crippen molar-refractivity contribution in [1.82, 2.24) is 0 Å². The van der Waals surface area contributed by atoms with Crippen LogP contribution in [0, 0.1) is 17.9 Å². The van der Waals surface area contributed by atoms with Crippen LogP contribution in [0.1, 0.15) is 5.56 Å². The fraction of sp³-hybridized carbons (Fsp3) is 0.111. The number of hydrogen-bond donors (Lipinski definition) is 1. The smallest absolute Gasteiger partial charge is 0.214 e. The molecule has 0 aromatic heterocycles. The highest BCUT2D eigenvalue weighted by molar-refractivity contribution is 5.75. The number of hydrogen-bond acceptors (Lipinski definition) is 3. The summed E-state index contributed by atoms with van der Waals surface area (Å²) < 4.78 is 4.90. The second-order valence-electron chi connectivity index (χ2n) is 2.33. The molecule has 2 N–H and O–H groups in total. The first kappa shape index (κ1) is 8.89. The lowest BCUT2D eigenvalue weighted by Gasteiger charge is -2.04. The van der Waals surface area contributed by atoms with Crippen molar-refractivity contribution in [1.29, 1.82) is 5.26 Å². The highest BCUT2D eigenvalue weighted by Gasteiger charge is 2.07. The third-order valence-electron chi connectivity index (χ3n) is 1.61. The molecule has 0 amide bonds. The second kappa shape index (κ2) is 3.46. The minimum Gasteiger partial charge on any atom is -0.498 e. The van der Waals surface area contributed by atoms with E-state index in [-0.39, 0.29) is 16.9 Å². The van der Waals surface area contributed by atoms with Gasteiger partial charge in [0.1, 0.15) is 11.8 Å². The Bertz CT molecular complexity index is 377. The zero-order valence-corrected chi connectivity index (χ0v) is 7.03. The Morgan fingerprint density at radius 2 is 2.31 bits per heavy atom. The molecule has 0 saturated heterocycles. The Balaban J connectivity index is 3.42. The lowest BCUT2D eigenvalue weighted by atomic mass is 10.1. The van der Waals surface area contributed by atoms with Gasteiger partial charge in [-0.2, -0.15) is 5.26 Å². The molecule has 0 bridgehead atoms. The van der Waals surface area contributed by atoms with Crippen molar-refractivity contribution in [2.75, 3.05) is 12.8 Å². The molecular formula is C9H7N3O. The Labute approximate surface area is 76.0 Å². The van der Waals surface area contributed by atoms with Crippen LogP contribution in [0.4, 0.5) is 11.4 Å². The maximum absolute atomic E-state index is 8.67. The highest BCUT2D eigenvalue weighted by Crippen LogP contribution is 2.30. The summed E-state index contributed by atoms with van der Waals surface area (Å²) in [6.45, 7) is 6.81. The first-order chi connectivity index (χ1) is 6.22. The van der Waals surface area contributed by atoms with E-state index in [0.29, 0.717) is 5.75 Å². The minimum absolute atomic E-state index is 0.207. The molecule has 0 saturated carbocycles. The summed E-state index contributed by atoms with van der Waals surface area (Å²) in [7, 11) is 1.47. The van der Waals surface area contributed by atoms with Gasteiger partial charge in [0.2, 0.25) is 5.69 Å². The maximum atomic E-state index is 8.67. The number of nitrogens with two attached hydrogens (primary N) is 1. The fourth-order valence-corrected chi connectivity index (χ4v) is 0.915. The van der Waals surface area contributed by atoms with E-state index in [1.54, 1.807) is 0 Å². The molecule has 4 heteroatoms. The average molecular weight is 173 g/mol. The van der Waals surface area contributed by atoms with Crippen LogP contribution in [0.25, 0.3) is 4.85 Å². The first-order valence-corrected chi connectivity index (χ1v) is 3.48. The third-order valence-corrected chi connectivity index (χ3v) is 1.61. The van der Waals surface area contributed by atoms with Crippen molar-refractivity contribution in [2.24, 2.45) is 0 Å². The Hall–Kier alpha value is -2.20. The van der Waals surface area contributed by atoms with Crippen LogP contribution >= 0.6 is 0 Å². The van der Waals surface area contributed by atoms with E-state index in [2.05, 4.69) is 4.85 Å². The quantitative estimate of drug-likeness (QED) is 0.519. The van der Waals surface area contributed by atoms with Crippen molar-refractivity contribution in [2.45, 2.75) is 0 Å². The van der Waals surface area contributed by atoms with Crippen LogP contribution in [0.3, 0.4) is 0 Å². The topological polar surface area (TPSA) is 63.4 Å². The molecule has 0 aliphatic carbocycles. The molecule has 0 unspecified atom stereocenters. The molecule has 64 valence electrons. The van der Waals surface area contributed by atoms with Gasteiger partial charge in [-0.15, -0.1) is 0 Å². The van der Waals surface area contributed by atoms with Gasteiger partial charge in [-0.1, -0.05) is 0 Å². The molecule has 0 heterocycles. The van der Waals surface area contributed by atoms with Crippen molar-refractivity contribution >= 4 is 11.4 Å². The highest BCUT2D eigenvalue weighted by atomic mass is 16.5. The molecule has 0 aliphatic heterocycles. The van der Waals surface area contributed by atoms with Crippen LogP contribution < -0.4 is 10.5 Å². The summed E-state index contributed by atoms with van der Waals surface area (Å²) in [5.74, 6) is 0.469. The molecule has 1 aromatic carbocycles. The van der Waals surface area contributed by atoms with E-state index in [4.69, 9.17) is 22.3 Å². The van der Waals surface area contributed by atoms with Crippen LogP contribution in [-0.4, -0.2) is 7.11 Å². The van der Waals surface area contributed by atoms with Crippen LogP contribution in [-0.2, 0) is 0 Å². The molecular weight excluding hydrogens is 166 g/mol. The zero-order valence-electron chi connectivity index (χ0n) is 7.03. The summed E-state index contributed by atoms with van der Waals surface area (Å²) in [5, 5.41) is 8.67. The lowest BCUT2D eigenvalue weighted by molar-refractivity contribution is 0.415. The van der Waals surface area contributed by atoms with Gasteiger partial charge < -0.3 is 10.5 Å². The van der Waals surface area contributed by atoms with E-state index in [9.17, 15) is 0 Å². The van der Waals surface area contributed by atoms with E-state index in [0.717, 1.165) is 0 Å². The molecule has 0 fully saturated rings. The van der Waals surface area contributed by atoms with E-state index >= 15 is 0 Å². The molecule has 0 aliphatic rings. The number of anilines is 1. The van der Waals surface area contributed by atoms with Gasteiger partial charge in [-0.05, 0) is 12.1 Å². The fourth-order valence-electron chi connectivity index (χ4n) is 0.915. The van der Waals surface area contributed by atoms with Crippen molar-refractivity contribution in [3.63, 3.8) is 0 Å². The molecule has 13 heavy (non-hydrogen) atoms. The minimum atomic E-state index is 0.207. The molecule has 1 aromatic rings. The number of nitrogens with zero attached hydrogens (tertiary/aromatic N) is 2. The van der Waals surface area contributed by atoms with Crippen LogP contribution in [0.15, 0.2) is 12.1 Å². The SMILES string of the molecule is [C-]#[N+]c1cc(OC)cc(C#N)c1N. The van der Waals surface area contributed by atoms with Gasteiger partial charge in [-0.25, -0.2) is 4.85 Å². The Kier molecular flexibility index (Phi) is 2.37. The monoisotopic (exact) mass is 173 g/mol. The van der Waals surface area contributed by atoms with E-state index in [1.165, 1.54) is 19.2 Å². The molecule has 0 atom stereocenters. The Morgan fingerprint density at radius 3 is 2.77 bits per heavy atom. The maximum Gasteiger partial charge on any atom is 0.214 e. The summed E-state index contributed by atoms with van der Waals surface area (Å²) >= 11 is 0. The number of rotatable bonds is 1. The standard InChI is InChI=1S/C9H7N3O/c1-12-8-4-7(13-2)3-6(5-10)9(8)11/h3-4H,11H2,2H3. The lowest BCUT2D eigenvalue weighted by Crippen LogP contribution is -1.92. The third kappa shape index (κ3) is 1.52. The first-order valence-electron chi connectivity index (χ1n) is 3.48. The summed E-state index contributed by atoms with van der Waals surface area (Å²) in [5.41, 5.74) is 6.26. The number of nitrogen functional groups attached to an aromatic ring is 1. The van der Waals surface area contributed by atoms with Gasteiger partial charge in [0, 0.05) is 0 Å². The molecule has 0 radical (unpaired) electrons. The summed E-state index contributed by atoms with van der Waals surface area (Å²) in [6, 6.07) is 4.90. The number of nitriles is 1. The number of methoxy groups -OCH3 is 1. The number of benzene rings is 1. The normalized spacial score (nSPS) is 8.54. The van der Waals surface area contributed by atoms with Gasteiger partial charge >= 0.3 is 0 Å². The molecule has 1 rings (SSSR count). The average Bonchev–Trinajstić information content (AvgIpc) is 2.18. The molecule has 4 nitrogen and oxygen atoms in total. The van der Waals surface area contributed by atoms with Crippen LogP contribution in [0.5, 0.6) is 5.75 Å². The van der Waals surface area contributed by atoms with E-state index < -0.39 is 0 Å². The van der Waals surface area contributed by atoms with Crippen molar-refractivity contribution in [3.8, 4) is 11.8 Å². The van der Waals surface area contributed by atoms with Gasteiger partial charge in [0.05, 0.1) is 24.9 Å².